The Bertz CT molecular complexity index is 1370. The summed E-state index contributed by atoms with van der Waals surface area (Å²) < 4.78 is 5.82. The van der Waals surface area contributed by atoms with Crippen LogP contribution in [-0.2, 0) is 17.8 Å². The van der Waals surface area contributed by atoms with Gasteiger partial charge >= 0.3 is 6.03 Å². The SMILES string of the molecule is N#Cc1cccc(COc2cccc(NC(=O)[C@@H](Cc3c[nH]c4ccccc34)NC(N)=O)c2)c1. The summed E-state index contributed by atoms with van der Waals surface area (Å²) in [4.78, 5) is 27.7. The number of H-pyrrole nitrogens is 1. The van der Waals surface area contributed by atoms with Crippen LogP contribution < -0.4 is 21.1 Å². The van der Waals surface area contributed by atoms with Gasteiger partial charge in [0, 0.05) is 35.3 Å². The summed E-state index contributed by atoms with van der Waals surface area (Å²) in [6.45, 7) is 0.277. The van der Waals surface area contributed by atoms with Gasteiger partial charge in [0.05, 0.1) is 11.6 Å². The van der Waals surface area contributed by atoms with Crippen molar-refractivity contribution in [3.8, 4) is 11.8 Å². The van der Waals surface area contributed by atoms with E-state index in [4.69, 9.17) is 15.7 Å². The van der Waals surface area contributed by atoms with Gasteiger partial charge < -0.3 is 26.1 Å². The van der Waals surface area contributed by atoms with Gasteiger partial charge in [-0.3, -0.25) is 4.79 Å². The summed E-state index contributed by atoms with van der Waals surface area (Å²) >= 11 is 0. The molecular weight excluding hydrogens is 430 g/mol. The Labute approximate surface area is 196 Å². The molecule has 0 unspecified atom stereocenters. The molecule has 0 saturated heterocycles. The number of benzene rings is 3. The van der Waals surface area contributed by atoms with Crippen LogP contribution in [0, 0.1) is 11.3 Å². The van der Waals surface area contributed by atoms with Crippen molar-refractivity contribution >= 4 is 28.5 Å². The van der Waals surface area contributed by atoms with Crippen molar-refractivity contribution in [1.82, 2.24) is 10.3 Å². The largest absolute Gasteiger partial charge is 0.489 e. The number of carbonyl (C=O) groups is 2. The molecule has 4 aromatic rings. The number of para-hydroxylation sites is 1. The van der Waals surface area contributed by atoms with Crippen molar-refractivity contribution in [2.75, 3.05) is 5.32 Å². The molecule has 3 amide bonds. The number of aromatic amines is 1. The third-order valence-electron chi connectivity index (χ3n) is 5.30. The summed E-state index contributed by atoms with van der Waals surface area (Å²) in [5.74, 6) is 0.152. The molecule has 5 N–H and O–H groups in total. The quantitative estimate of drug-likeness (QED) is 0.323. The van der Waals surface area contributed by atoms with Gasteiger partial charge in [0.25, 0.3) is 0 Å². The second-order valence-corrected chi connectivity index (χ2v) is 7.74. The molecule has 8 nitrogen and oxygen atoms in total. The number of nitrogens with zero attached hydrogens (tertiary/aromatic N) is 1. The fourth-order valence-corrected chi connectivity index (χ4v) is 3.69. The number of rotatable bonds is 8. The Balaban J connectivity index is 1.45. The van der Waals surface area contributed by atoms with Crippen LogP contribution in [0.2, 0.25) is 0 Å². The van der Waals surface area contributed by atoms with E-state index in [2.05, 4.69) is 21.7 Å². The Morgan fingerprint density at radius 2 is 1.88 bits per heavy atom. The number of anilines is 1. The Morgan fingerprint density at radius 3 is 2.71 bits per heavy atom. The summed E-state index contributed by atoms with van der Waals surface area (Å²) in [6.07, 6.45) is 2.09. The number of nitrogens with two attached hydrogens (primary N) is 1. The van der Waals surface area contributed by atoms with Gasteiger partial charge in [0.2, 0.25) is 5.91 Å². The van der Waals surface area contributed by atoms with E-state index in [1.54, 1.807) is 42.5 Å². The topological polar surface area (TPSA) is 133 Å². The van der Waals surface area contributed by atoms with E-state index in [0.717, 1.165) is 22.0 Å². The van der Waals surface area contributed by atoms with E-state index in [9.17, 15) is 9.59 Å². The molecule has 1 heterocycles. The lowest BCUT2D eigenvalue weighted by Crippen LogP contribution is -2.47. The number of aromatic nitrogens is 1. The number of fused-ring (bicyclic) bond motifs is 1. The maximum absolute atomic E-state index is 13.0. The predicted molar refractivity (Wildman–Crippen MR) is 129 cm³/mol. The highest BCUT2D eigenvalue weighted by molar-refractivity contribution is 5.97. The molecular formula is C26H23N5O3. The minimum absolute atomic E-state index is 0.268. The summed E-state index contributed by atoms with van der Waals surface area (Å²) in [5.41, 5.74) is 9.10. The first-order valence-corrected chi connectivity index (χ1v) is 10.7. The molecule has 0 spiro atoms. The number of hydrogen-bond donors (Lipinski definition) is 4. The van der Waals surface area contributed by atoms with Gasteiger partial charge in [-0.25, -0.2) is 4.79 Å². The number of nitriles is 1. The number of amides is 3. The molecule has 170 valence electrons. The normalized spacial score (nSPS) is 11.4. The number of carbonyl (C=O) groups excluding carboxylic acids is 2. The van der Waals surface area contributed by atoms with E-state index < -0.39 is 18.0 Å². The first-order valence-electron chi connectivity index (χ1n) is 10.7. The van der Waals surface area contributed by atoms with Crippen LogP contribution in [0.3, 0.4) is 0 Å². The Kier molecular flexibility index (Phi) is 6.75. The second-order valence-electron chi connectivity index (χ2n) is 7.74. The molecule has 34 heavy (non-hydrogen) atoms. The molecule has 0 fully saturated rings. The van der Waals surface area contributed by atoms with Crippen LogP contribution in [0.15, 0.2) is 79.0 Å². The third-order valence-corrected chi connectivity index (χ3v) is 5.30. The zero-order valence-corrected chi connectivity index (χ0v) is 18.2. The highest BCUT2D eigenvalue weighted by Gasteiger charge is 2.22. The number of primary amides is 1. The molecule has 4 rings (SSSR count). The van der Waals surface area contributed by atoms with Crippen molar-refractivity contribution < 1.29 is 14.3 Å². The first kappa shape index (κ1) is 22.4. The molecule has 1 atom stereocenters. The lowest BCUT2D eigenvalue weighted by molar-refractivity contribution is -0.117. The van der Waals surface area contributed by atoms with Gasteiger partial charge in [-0.05, 0) is 41.5 Å². The second kappa shape index (κ2) is 10.2. The lowest BCUT2D eigenvalue weighted by Gasteiger charge is -2.17. The standard InChI is InChI=1S/C26H23N5O3/c27-14-17-5-3-6-18(11-17)16-34-21-8-4-7-20(13-21)30-25(32)24(31-26(28)33)12-19-15-29-23-10-2-1-9-22(19)23/h1-11,13,15,24,29H,12,16H2,(H,30,32)(H3,28,31,33)/t24-/m1/s1. The number of nitrogens with one attached hydrogen (secondary N) is 3. The van der Waals surface area contributed by atoms with Gasteiger partial charge in [-0.1, -0.05) is 36.4 Å². The van der Waals surface area contributed by atoms with Gasteiger partial charge in [-0.2, -0.15) is 5.26 Å². The van der Waals surface area contributed by atoms with E-state index in [0.29, 0.717) is 17.0 Å². The maximum atomic E-state index is 13.0. The molecule has 0 bridgehead atoms. The average molecular weight is 454 g/mol. The van der Waals surface area contributed by atoms with Crippen LogP contribution in [-0.4, -0.2) is 23.0 Å². The third kappa shape index (κ3) is 5.53. The van der Waals surface area contributed by atoms with E-state index >= 15 is 0 Å². The summed E-state index contributed by atoms with van der Waals surface area (Å²) in [7, 11) is 0. The van der Waals surface area contributed by atoms with Crippen molar-refractivity contribution in [3.63, 3.8) is 0 Å². The lowest BCUT2D eigenvalue weighted by atomic mass is 10.0. The highest BCUT2D eigenvalue weighted by Crippen LogP contribution is 2.21. The Hall–Kier alpha value is -4.77. The van der Waals surface area contributed by atoms with Crippen molar-refractivity contribution in [2.24, 2.45) is 5.73 Å². The molecule has 0 aliphatic rings. The van der Waals surface area contributed by atoms with Crippen LogP contribution in [0.4, 0.5) is 10.5 Å². The molecule has 0 saturated carbocycles. The Morgan fingerprint density at radius 1 is 1.06 bits per heavy atom. The molecule has 0 aliphatic carbocycles. The zero-order chi connectivity index (χ0) is 23.9. The van der Waals surface area contributed by atoms with Crippen LogP contribution in [0.1, 0.15) is 16.7 Å². The maximum Gasteiger partial charge on any atom is 0.312 e. The first-order chi connectivity index (χ1) is 16.5. The van der Waals surface area contributed by atoms with Crippen LogP contribution >= 0.6 is 0 Å². The minimum atomic E-state index is -0.866. The zero-order valence-electron chi connectivity index (χ0n) is 18.2. The van der Waals surface area contributed by atoms with Crippen molar-refractivity contribution in [2.45, 2.75) is 19.1 Å². The molecule has 0 aliphatic heterocycles. The van der Waals surface area contributed by atoms with Crippen molar-refractivity contribution in [1.29, 1.82) is 5.26 Å². The number of urea groups is 1. The van der Waals surface area contributed by atoms with Gasteiger partial charge in [-0.15, -0.1) is 0 Å². The summed E-state index contributed by atoms with van der Waals surface area (Å²) in [5, 5.41) is 15.4. The minimum Gasteiger partial charge on any atom is -0.489 e. The van der Waals surface area contributed by atoms with E-state index in [1.165, 1.54) is 0 Å². The van der Waals surface area contributed by atoms with E-state index in [-0.39, 0.29) is 13.0 Å². The fraction of sp³-hybridized carbons (Fsp3) is 0.115. The molecule has 8 heteroatoms. The van der Waals surface area contributed by atoms with Gasteiger partial charge in [0.1, 0.15) is 18.4 Å². The van der Waals surface area contributed by atoms with Gasteiger partial charge in [0.15, 0.2) is 0 Å². The average Bonchev–Trinajstić information content (AvgIpc) is 3.25. The molecule has 0 radical (unpaired) electrons. The molecule has 3 aromatic carbocycles. The van der Waals surface area contributed by atoms with Crippen molar-refractivity contribution in [3.05, 3.63) is 95.7 Å². The highest BCUT2D eigenvalue weighted by atomic mass is 16.5. The predicted octanol–water partition coefficient (Wildman–Crippen LogP) is 3.84. The summed E-state index contributed by atoms with van der Waals surface area (Å²) in [6, 6.07) is 22.3. The number of ether oxygens (including phenoxy) is 1. The molecule has 1 aromatic heterocycles. The van der Waals surface area contributed by atoms with Crippen LogP contribution in [0.5, 0.6) is 5.75 Å². The van der Waals surface area contributed by atoms with E-state index in [1.807, 2.05) is 36.5 Å². The smallest absolute Gasteiger partial charge is 0.312 e. The fourth-order valence-electron chi connectivity index (χ4n) is 3.69. The van der Waals surface area contributed by atoms with Crippen LogP contribution in [0.25, 0.3) is 10.9 Å². The monoisotopic (exact) mass is 453 g/mol. The number of hydrogen-bond acceptors (Lipinski definition) is 4.